The molecule has 2 fully saturated rings. The summed E-state index contributed by atoms with van der Waals surface area (Å²) >= 11 is 7.33. The first-order valence-electron chi connectivity index (χ1n) is 8.79. The molecule has 1 unspecified atom stereocenters. The van der Waals surface area contributed by atoms with Gasteiger partial charge in [0.05, 0.1) is 5.92 Å². The van der Waals surface area contributed by atoms with Crippen molar-refractivity contribution in [3.63, 3.8) is 0 Å². The van der Waals surface area contributed by atoms with E-state index in [1.165, 1.54) is 11.3 Å². The van der Waals surface area contributed by atoms with Crippen LogP contribution in [0.15, 0.2) is 24.3 Å². The highest BCUT2D eigenvalue weighted by Gasteiger charge is 2.31. The van der Waals surface area contributed by atoms with Gasteiger partial charge in [0.1, 0.15) is 5.01 Å². The number of aromatic nitrogens is 2. The average Bonchev–Trinajstić information content (AvgIpc) is 3.41. The van der Waals surface area contributed by atoms with Crippen LogP contribution in [0.25, 0.3) is 0 Å². The molecule has 0 radical (unpaired) electrons. The molecule has 0 bridgehead atoms. The first-order chi connectivity index (χ1) is 12.6. The fourth-order valence-electron chi connectivity index (χ4n) is 3.14. The van der Waals surface area contributed by atoms with E-state index in [2.05, 4.69) is 15.5 Å². The van der Waals surface area contributed by atoms with Gasteiger partial charge in [-0.15, -0.1) is 10.2 Å². The third-order valence-corrected chi connectivity index (χ3v) is 6.02. The standard InChI is InChI=1S/C18H19ClN4O2S/c19-14-7-5-12(6-8-14)17(25)23-9-1-2-13(10-23)15(24)20-18-22-21-16(26-18)11-3-4-11/h5-8,11,13H,1-4,9-10H2,(H,20,22,24). The molecule has 1 atom stereocenters. The normalized spacial score (nSPS) is 20.0. The van der Waals surface area contributed by atoms with E-state index in [1.807, 2.05) is 0 Å². The molecule has 1 saturated carbocycles. The summed E-state index contributed by atoms with van der Waals surface area (Å²) in [6.45, 7) is 1.08. The average molecular weight is 391 g/mol. The Bertz CT molecular complexity index is 819. The number of rotatable bonds is 4. The van der Waals surface area contributed by atoms with Crippen LogP contribution in [0.1, 0.15) is 47.0 Å². The van der Waals surface area contributed by atoms with Crippen LogP contribution in [0.3, 0.4) is 0 Å². The van der Waals surface area contributed by atoms with Crippen molar-refractivity contribution in [3.8, 4) is 0 Å². The second kappa shape index (κ2) is 7.32. The van der Waals surface area contributed by atoms with Crippen molar-refractivity contribution in [2.45, 2.75) is 31.6 Å². The van der Waals surface area contributed by atoms with Gasteiger partial charge in [0, 0.05) is 29.6 Å². The fourth-order valence-corrected chi connectivity index (χ4v) is 4.18. The lowest BCUT2D eigenvalue weighted by Crippen LogP contribution is -2.43. The van der Waals surface area contributed by atoms with E-state index in [9.17, 15) is 9.59 Å². The number of hydrogen-bond acceptors (Lipinski definition) is 5. The van der Waals surface area contributed by atoms with Crippen molar-refractivity contribution in [2.24, 2.45) is 5.92 Å². The van der Waals surface area contributed by atoms with Crippen LogP contribution < -0.4 is 5.32 Å². The summed E-state index contributed by atoms with van der Waals surface area (Å²) in [6.07, 6.45) is 3.89. The van der Waals surface area contributed by atoms with Gasteiger partial charge in [0.25, 0.3) is 5.91 Å². The lowest BCUT2D eigenvalue weighted by molar-refractivity contribution is -0.121. The molecular formula is C18H19ClN4O2S. The molecule has 1 aliphatic carbocycles. The number of hydrogen-bond donors (Lipinski definition) is 1. The van der Waals surface area contributed by atoms with Gasteiger partial charge in [-0.05, 0) is 49.9 Å². The number of nitrogens with one attached hydrogen (secondary N) is 1. The van der Waals surface area contributed by atoms with E-state index >= 15 is 0 Å². The topological polar surface area (TPSA) is 75.2 Å². The fraction of sp³-hybridized carbons (Fsp3) is 0.444. The molecule has 1 saturated heterocycles. The lowest BCUT2D eigenvalue weighted by Gasteiger charge is -2.32. The number of anilines is 1. The van der Waals surface area contributed by atoms with Crippen molar-refractivity contribution in [3.05, 3.63) is 39.9 Å². The molecule has 1 aromatic heterocycles. The van der Waals surface area contributed by atoms with Gasteiger partial charge in [-0.1, -0.05) is 22.9 Å². The molecule has 2 amide bonds. The lowest BCUT2D eigenvalue weighted by atomic mass is 9.96. The second-order valence-corrected chi connectivity index (χ2v) is 8.25. The van der Waals surface area contributed by atoms with Crippen LogP contribution in [0.2, 0.25) is 5.02 Å². The van der Waals surface area contributed by atoms with Crippen LogP contribution in [0.4, 0.5) is 5.13 Å². The van der Waals surface area contributed by atoms with Gasteiger partial charge in [0.15, 0.2) is 0 Å². The summed E-state index contributed by atoms with van der Waals surface area (Å²) < 4.78 is 0. The molecule has 136 valence electrons. The number of likely N-dealkylation sites (tertiary alicyclic amines) is 1. The van der Waals surface area contributed by atoms with Crippen LogP contribution in [-0.2, 0) is 4.79 Å². The molecule has 1 N–H and O–H groups in total. The third kappa shape index (κ3) is 3.88. The van der Waals surface area contributed by atoms with Gasteiger partial charge >= 0.3 is 0 Å². The zero-order chi connectivity index (χ0) is 18.1. The maximum absolute atomic E-state index is 12.7. The first kappa shape index (κ1) is 17.4. The summed E-state index contributed by atoms with van der Waals surface area (Å²) in [5.74, 6) is 0.150. The van der Waals surface area contributed by atoms with E-state index < -0.39 is 0 Å². The molecule has 2 aliphatic rings. The van der Waals surface area contributed by atoms with E-state index in [0.29, 0.717) is 34.7 Å². The summed E-state index contributed by atoms with van der Waals surface area (Å²) in [5.41, 5.74) is 0.591. The van der Waals surface area contributed by atoms with Gasteiger partial charge < -0.3 is 10.2 Å². The van der Waals surface area contributed by atoms with Crippen molar-refractivity contribution in [1.82, 2.24) is 15.1 Å². The number of amides is 2. The SMILES string of the molecule is O=C(Nc1nnc(C2CC2)s1)C1CCCN(C(=O)c2ccc(Cl)cc2)C1. The van der Waals surface area contributed by atoms with Gasteiger partial charge in [-0.25, -0.2) is 0 Å². The van der Waals surface area contributed by atoms with Crippen LogP contribution >= 0.6 is 22.9 Å². The largest absolute Gasteiger partial charge is 0.338 e. The monoisotopic (exact) mass is 390 g/mol. The van der Waals surface area contributed by atoms with Crippen LogP contribution in [0, 0.1) is 5.92 Å². The molecule has 2 aromatic rings. The quantitative estimate of drug-likeness (QED) is 0.866. The Morgan fingerprint density at radius 3 is 2.65 bits per heavy atom. The van der Waals surface area contributed by atoms with Crippen molar-refractivity contribution < 1.29 is 9.59 Å². The third-order valence-electron chi connectivity index (χ3n) is 4.77. The van der Waals surface area contributed by atoms with E-state index in [4.69, 9.17) is 11.6 Å². The number of carbonyl (C=O) groups excluding carboxylic acids is 2. The smallest absolute Gasteiger partial charge is 0.253 e. The molecule has 4 rings (SSSR count). The Kier molecular flexibility index (Phi) is 4.91. The van der Waals surface area contributed by atoms with Crippen molar-refractivity contribution >= 4 is 39.9 Å². The number of piperidine rings is 1. The summed E-state index contributed by atoms with van der Waals surface area (Å²) in [5, 5.41) is 13.2. The Hall–Kier alpha value is -1.99. The molecule has 0 spiro atoms. The highest BCUT2D eigenvalue weighted by molar-refractivity contribution is 7.15. The number of carbonyl (C=O) groups is 2. The van der Waals surface area contributed by atoms with E-state index in [-0.39, 0.29) is 17.7 Å². The minimum absolute atomic E-state index is 0.0638. The number of benzene rings is 1. The molecule has 1 aromatic carbocycles. The van der Waals surface area contributed by atoms with Crippen molar-refractivity contribution in [2.75, 3.05) is 18.4 Å². The van der Waals surface area contributed by atoms with E-state index in [0.717, 1.165) is 30.7 Å². The minimum Gasteiger partial charge on any atom is -0.338 e. The molecule has 1 aliphatic heterocycles. The van der Waals surface area contributed by atoms with Gasteiger partial charge in [-0.3, -0.25) is 9.59 Å². The predicted octanol–water partition coefficient (Wildman–Crippen LogP) is 3.56. The zero-order valence-electron chi connectivity index (χ0n) is 14.2. The molecule has 2 heterocycles. The molecule has 8 heteroatoms. The van der Waals surface area contributed by atoms with E-state index in [1.54, 1.807) is 29.2 Å². The Balaban J connectivity index is 1.38. The predicted molar refractivity (Wildman–Crippen MR) is 101 cm³/mol. The maximum Gasteiger partial charge on any atom is 0.253 e. The minimum atomic E-state index is -0.228. The molecular weight excluding hydrogens is 372 g/mol. The maximum atomic E-state index is 12.7. The Morgan fingerprint density at radius 1 is 1.15 bits per heavy atom. The van der Waals surface area contributed by atoms with Crippen molar-refractivity contribution in [1.29, 1.82) is 0 Å². The number of nitrogens with zero attached hydrogens (tertiary/aromatic N) is 3. The highest BCUT2D eigenvalue weighted by Crippen LogP contribution is 2.42. The van der Waals surface area contributed by atoms with Gasteiger partial charge in [-0.2, -0.15) is 0 Å². The Labute approximate surface area is 160 Å². The molecule has 6 nitrogen and oxygen atoms in total. The van der Waals surface area contributed by atoms with Crippen LogP contribution in [0.5, 0.6) is 0 Å². The van der Waals surface area contributed by atoms with Crippen LogP contribution in [-0.4, -0.2) is 40.0 Å². The summed E-state index contributed by atoms with van der Waals surface area (Å²) in [7, 11) is 0. The number of halogens is 1. The Morgan fingerprint density at radius 2 is 1.92 bits per heavy atom. The zero-order valence-corrected chi connectivity index (χ0v) is 15.7. The summed E-state index contributed by atoms with van der Waals surface area (Å²) in [6, 6.07) is 6.84. The van der Waals surface area contributed by atoms with Gasteiger partial charge in [0.2, 0.25) is 11.0 Å². The first-order valence-corrected chi connectivity index (χ1v) is 9.98. The molecule has 26 heavy (non-hydrogen) atoms. The summed E-state index contributed by atoms with van der Waals surface area (Å²) in [4.78, 5) is 27.0. The highest BCUT2D eigenvalue weighted by atomic mass is 35.5. The second-order valence-electron chi connectivity index (χ2n) is 6.81.